The number of alkyl halides is 3. The van der Waals surface area contributed by atoms with Crippen molar-refractivity contribution >= 4 is 5.69 Å². The number of ether oxygens (including phenoxy) is 2. The summed E-state index contributed by atoms with van der Waals surface area (Å²) in [6.45, 7) is 0. The molecule has 0 unspecified atom stereocenters. The molecule has 0 saturated heterocycles. The summed E-state index contributed by atoms with van der Waals surface area (Å²) in [5, 5.41) is 0. The molecule has 2 rings (SSSR count). The Labute approximate surface area is 111 Å². The monoisotopic (exact) mass is 287 g/mol. The Bertz CT molecular complexity index is 596. The van der Waals surface area contributed by atoms with Gasteiger partial charge in [-0.2, -0.15) is 0 Å². The Hall–Kier alpha value is -2.44. The molecule has 0 aliphatic carbocycles. The lowest BCUT2D eigenvalue weighted by atomic mass is 10.3. The average Bonchev–Trinajstić information content (AvgIpc) is 2.35. The highest BCUT2D eigenvalue weighted by Gasteiger charge is 2.30. The maximum Gasteiger partial charge on any atom is 0.573 e. The van der Waals surface area contributed by atoms with Crippen LogP contribution in [0, 0.1) is 5.82 Å². The summed E-state index contributed by atoms with van der Waals surface area (Å²) in [7, 11) is 0. The van der Waals surface area contributed by atoms with Crippen LogP contribution in [0.2, 0.25) is 0 Å². The van der Waals surface area contributed by atoms with Crippen molar-refractivity contribution in [3.63, 3.8) is 0 Å². The minimum Gasteiger partial charge on any atom is -0.455 e. The zero-order chi connectivity index (χ0) is 14.8. The van der Waals surface area contributed by atoms with Gasteiger partial charge in [0.15, 0.2) is 5.75 Å². The van der Waals surface area contributed by atoms with Crippen LogP contribution in [-0.4, -0.2) is 6.36 Å². The number of hydrogen-bond acceptors (Lipinski definition) is 3. The molecule has 0 radical (unpaired) electrons. The lowest BCUT2D eigenvalue weighted by Crippen LogP contribution is -2.16. The summed E-state index contributed by atoms with van der Waals surface area (Å²) in [5.74, 6) is -0.733. The molecule has 3 nitrogen and oxygen atoms in total. The van der Waals surface area contributed by atoms with E-state index in [1.54, 1.807) is 0 Å². The molecule has 7 heteroatoms. The highest BCUT2D eigenvalue weighted by atomic mass is 19.4. The third-order valence-corrected chi connectivity index (χ3v) is 2.30. The topological polar surface area (TPSA) is 44.5 Å². The van der Waals surface area contributed by atoms with Crippen molar-refractivity contribution in [3.8, 4) is 17.2 Å². The van der Waals surface area contributed by atoms with Crippen molar-refractivity contribution in [2.45, 2.75) is 6.36 Å². The van der Waals surface area contributed by atoms with E-state index < -0.39 is 12.2 Å². The van der Waals surface area contributed by atoms with E-state index in [0.717, 1.165) is 12.1 Å². The summed E-state index contributed by atoms with van der Waals surface area (Å²) >= 11 is 0. The van der Waals surface area contributed by atoms with Gasteiger partial charge in [-0.3, -0.25) is 0 Å². The van der Waals surface area contributed by atoms with E-state index in [-0.39, 0.29) is 22.9 Å². The highest BCUT2D eigenvalue weighted by molar-refractivity contribution is 5.54. The van der Waals surface area contributed by atoms with Crippen LogP contribution in [-0.2, 0) is 0 Å². The fourth-order valence-corrected chi connectivity index (χ4v) is 1.44. The van der Waals surface area contributed by atoms with Crippen LogP contribution < -0.4 is 15.2 Å². The molecule has 2 aromatic carbocycles. The van der Waals surface area contributed by atoms with Gasteiger partial charge in [0.1, 0.15) is 23.0 Å². The molecule has 2 N–H and O–H groups in total. The summed E-state index contributed by atoms with van der Waals surface area (Å²) in [6.07, 6.45) is -4.75. The molecule has 0 fully saturated rings. The molecule has 0 heterocycles. The Kier molecular flexibility index (Phi) is 3.69. The molecule has 0 amide bonds. The summed E-state index contributed by atoms with van der Waals surface area (Å²) in [5.41, 5.74) is 5.29. The fraction of sp³-hybridized carbons (Fsp3) is 0.0769. The van der Waals surface area contributed by atoms with Gasteiger partial charge in [-0.25, -0.2) is 4.39 Å². The zero-order valence-corrected chi connectivity index (χ0v) is 9.95. The number of rotatable bonds is 3. The molecule has 0 saturated carbocycles. The predicted octanol–water partition coefficient (Wildman–Crippen LogP) is 4.10. The Morgan fingerprint density at radius 2 is 1.50 bits per heavy atom. The largest absolute Gasteiger partial charge is 0.573 e. The number of halogens is 4. The quantitative estimate of drug-likeness (QED) is 0.682. The van der Waals surface area contributed by atoms with Crippen LogP contribution in [0.4, 0.5) is 23.2 Å². The molecule has 0 aliphatic rings. The molecule has 106 valence electrons. The Morgan fingerprint density at radius 3 is 2.10 bits per heavy atom. The first-order valence-electron chi connectivity index (χ1n) is 5.43. The van der Waals surface area contributed by atoms with E-state index >= 15 is 0 Å². The predicted molar refractivity (Wildman–Crippen MR) is 64.0 cm³/mol. The lowest BCUT2D eigenvalue weighted by molar-refractivity contribution is -0.274. The first kappa shape index (κ1) is 14.0. The Balaban J connectivity index is 2.13. The minimum atomic E-state index is -4.75. The number of anilines is 1. The van der Waals surface area contributed by atoms with Crippen molar-refractivity contribution in [3.05, 3.63) is 48.3 Å². The van der Waals surface area contributed by atoms with Crippen LogP contribution >= 0.6 is 0 Å². The molecule has 2 aromatic rings. The summed E-state index contributed by atoms with van der Waals surface area (Å²) in [4.78, 5) is 0. The normalized spacial score (nSPS) is 11.2. The molecular weight excluding hydrogens is 278 g/mol. The van der Waals surface area contributed by atoms with Gasteiger partial charge in [-0.15, -0.1) is 13.2 Å². The molecule has 0 atom stereocenters. The lowest BCUT2D eigenvalue weighted by Gasteiger charge is -2.11. The average molecular weight is 287 g/mol. The maximum atomic E-state index is 13.2. The summed E-state index contributed by atoms with van der Waals surface area (Å²) < 4.78 is 58.1. The van der Waals surface area contributed by atoms with E-state index in [9.17, 15) is 17.6 Å². The first-order chi connectivity index (χ1) is 9.35. The van der Waals surface area contributed by atoms with E-state index in [4.69, 9.17) is 10.5 Å². The van der Waals surface area contributed by atoms with Gasteiger partial charge in [-0.1, -0.05) is 6.07 Å². The van der Waals surface area contributed by atoms with Gasteiger partial charge < -0.3 is 15.2 Å². The van der Waals surface area contributed by atoms with Crippen LogP contribution in [0.5, 0.6) is 17.2 Å². The minimum absolute atomic E-state index is 0.0782. The van der Waals surface area contributed by atoms with Crippen LogP contribution in [0.1, 0.15) is 0 Å². The van der Waals surface area contributed by atoms with E-state index in [1.165, 1.54) is 30.3 Å². The highest BCUT2D eigenvalue weighted by Crippen LogP contribution is 2.31. The molecule has 0 aliphatic heterocycles. The van der Waals surface area contributed by atoms with E-state index in [1.807, 2.05) is 0 Å². The summed E-state index contributed by atoms with van der Waals surface area (Å²) in [6, 6.07) is 8.69. The van der Waals surface area contributed by atoms with E-state index in [0.29, 0.717) is 0 Å². The number of para-hydroxylation sites is 1. The van der Waals surface area contributed by atoms with Crippen molar-refractivity contribution in [1.82, 2.24) is 0 Å². The maximum absolute atomic E-state index is 13.2. The van der Waals surface area contributed by atoms with Gasteiger partial charge in [0, 0.05) is 0 Å². The molecule has 0 aromatic heterocycles. The first-order valence-corrected chi connectivity index (χ1v) is 5.43. The third-order valence-electron chi connectivity index (χ3n) is 2.30. The van der Waals surface area contributed by atoms with E-state index in [2.05, 4.69) is 4.74 Å². The zero-order valence-electron chi connectivity index (χ0n) is 9.95. The molecule has 20 heavy (non-hydrogen) atoms. The van der Waals surface area contributed by atoms with Crippen molar-refractivity contribution < 1.29 is 27.0 Å². The van der Waals surface area contributed by atoms with Gasteiger partial charge in [-0.05, 0) is 36.4 Å². The standard InChI is InChI=1S/C13H9F4NO2/c14-10-2-1-3-11(12(10)18)19-8-4-6-9(7-5-8)20-13(15,16)17/h1-7H,18H2. The fourth-order valence-electron chi connectivity index (χ4n) is 1.44. The van der Waals surface area contributed by atoms with Gasteiger partial charge in [0.25, 0.3) is 0 Å². The van der Waals surface area contributed by atoms with Crippen molar-refractivity contribution in [2.75, 3.05) is 5.73 Å². The van der Waals surface area contributed by atoms with Gasteiger partial charge in [0.05, 0.1) is 0 Å². The SMILES string of the molecule is Nc1c(F)cccc1Oc1ccc(OC(F)(F)F)cc1. The molecule has 0 bridgehead atoms. The van der Waals surface area contributed by atoms with Gasteiger partial charge in [0.2, 0.25) is 0 Å². The number of benzene rings is 2. The molecule has 0 spiro atoms. The smallest absolute Gasteiger partial charge is 0.455 e. The van der Waals surface area contributed by atoms with Crippen molar-refractivity contribution in [2.24, 2.45) is 0 Å². The second-order valence-corrected chi connectivity index (χ2v) is 3.77. The number of nitrogen functional groups attached to an aromatic ring is 1. The van der Waals surface area contributed by atoms with Crippen LogP contribution in [0.15, 0.2) is 42.5 Å². The van der Waals surface area contributed by atoms with Crippen LogP contribution in [0.25, 0.3) is 0 Å². The van der Waals surface area contributed by atoms with Gasteiger partial charge >= 0.3 is 6.36 Å². The second-order valence-electron chi connectivity index (χ2n) is 3.77. The van der Waals surface area contributed by atoms with Crippen LogP contribution in [0.3, 0.4) is 0 Å². The number of nitrogens with two attached hydrogens (primary N) is 1. The molecular formula is C13H9F4NO2. The third kappa shape index (κ3) is 3.53. The van der Waals surface area contributed by atoms with Crippen molar-refractivity contribution in [1.29, 1.82) is 0 Å². The Morgan fingerprint density at radius 1 is 0.900 bits per heavy atom. The second kappa shape index (κ2) is 5.28. The number of hydrogen-bond donors (Lipinski definition) is 1.